The van der Waals surface area contributed by atoms with Crippen LogP contribution in [-0.2, 0) is 9.53 Å². The Morgan fingerprint density at radius 2 is 1.86 bits per heavy atom. The van der Waals surface area contributed by atoms with Crippen molar-refractivity contribution >= 4 is 40.9 Å². The number of anilines is 2. The third kappa shape index (κ3) is 8.46. The van der Waals surface area contributed by atoms with Crippen molar-refractivity contribution in [2.75, 3.05) is 31.2 Å². The van der Waals surface area contributed by atoms with E-state index < -0.39 is 11.9 Å². The Kier molecular flexibility index (Phi) is 10.1. The van der Waals surface area contributed by atoms with E-state index in [9.17, 15) is 9.59 Å². The van der Waals surface area contributed by atoms with Crippen LogP contribution in [0.4, 0.5) is 11.6 Å². The Morgan fingerprint density at radius 1 is 1.18 bits per heavy atom. The molecule has 28 heavy (non-hydrogen) atoms. The molecular formula is C16H27ClN8O3. The Bertz CT molecular complexity index is 701. The molecule has 0 bridgehead atoms. The Labute approximate surface area is 168 Å². The normalized spacial score (nSPS) is 11.7. The number of ketones is 1. The van der Waals surface area contributed by atoms with Gasteiger partial charge in [-0.3, -0.25) is 20.3 Å². The van der Waals surface area contributed by atoms with Crippen LogP contribution in [0.3, 0.4) is 0 Å². The fourth-order valence-corrected chi connectivity index (χ4v) is 2.18. The van der Waals surface area contributed by atoms with E-state index in [-0.39, 0.29) is 40.8 Å². The summed E-state index contributed by atoms with van der Waals surface area (Å²) in [6, 6.07) is -0.559. The van der Waals surface area contributed by atoms with Gasteiger partial charge >= 0.3 is 0 Å². The van der Waals surface area contributed by atoms with Crippen LogP contribution in [0.5, 0.6) is 0 Å². The highest BCUT2D eigenvalue weighted by Gasteiger charge is 2.16. The number of hydrogen-bond acceptors (Lipinski definition) is 9. The molecule has 1 rings (SSSR count). The van der Waals surface area contributed by atoms with E-state index in [2.05, 4.69) is 20.6 Å². The second-order valence-corrected chi connectivity index (χ2v) is 6.45. The number of carbonyl (C=O) groups is 2. The molecule has 0 saturated carbocycles. The van der Waals surface area contributed by atoms with Crippen molar-refractivity contribution in [1.82, 2.24) is 20.6 Å². The maximum atomic E-state index is 12.0. The van der Waals surface area contributed by atoms with Gasteiger partial charge in [0.25, 0.3) is 5.91 Å². The van der Waals surface area contributed by atoms with E-state index in [4.69, 9.17) is 38.9 Å². The first-order valence-electron chi connectivity index (χ1n) is 8.78. The lowest BCUT2D eigenvalue weighted by Crippen LogP contribution is -2.41. The largest absolute Gasteiger partial charge is 0.382 e. The molecule has 1 amide bonds. The molecule has 0 fully saturated rings. The van der Waals surface area contributed by atoms with Crippen molar-refractivity contribution in [2.24, 2.45) is 5.73 Å². The van der Waals surface area contributed by atoms with E-state index in [1.54, 1.807) is 0 Å². The predicted octanol–water partition coefficient (Wildman–Crippen LogP) is 0.0419. The van der Waals surface area contributed by atoms with Crippen molar-refractivity contribution in [3.63, 3.8) is 0 Å². The lowest BCUT2D eigenvalue weighted by molar-refractivity contribution is -0.119. The first kappa shape index (κ1) is 23.5. The number of rotatable bonds is 11. The number of hydrogen-bond donors (Lipinski definition) is 6. The SMILES string of the molecule is CC(=O)[C@@H](N)COCCCCCCNC(=N)NC(=O)c1nc(Cl)c(N)nc1N. The standard InChI is InChI=1S/C16H27ClN8O3/c1-9(26)10(18)8-28-7-5-3-2-4-6-22-16(21)25-15(27)11-13(19)24-14(20)12(17)23-11/h10H,2-8,18H2,1H3,(H4,19,20,24)(H3,21,22,25,27)/t10-/m0/s1. The fraction of sp³-hybridized carbons (Fsp3) is 0.562. The van der Waals surface area contributed by atoms with Crippen LogP contribution < -0.4 is 27.8 Å². The van der Waals surface area contributed by atoms with Gasteiger partial charge in [-0.25, -0.2) is 9.97 Å². The second-order valence-electron chi connectivity index (χ2n) is 6.10. The van der Waals surface area contributed by atoms with Crippen molar-refractivity contribution in [3.8, 4) is 0 Å². The molecule has 0 unspecified atom stereocenters. The summed E-state index contributed by atoms with van der Waals surface area (Å²) < 4.78 is 5.33. The molecule has 1 aromatic heterocycles. The summed E-state index contributed by atoms with van der Waals surface area (Å²) >= 11 is 5.73. The number of guanidine groups is 1. The number of halogens is 1. The highest BCUT2D eigenvalue weighted by atomic mass is 35.5. The van der Waals surface area contributed by atoms with Gasteiger partial charge in [0, 0.05) is 13.2 Å². The molecule has 0 aromatic carbocycles. The molecule has 0 saturated heterocycles. The number of nitrogens with zero attached hydrogens (tertiary/aromatic N) is 2. The Morgan fingerprint density at radius 3 is 2.54 bits per heavy atom. The van der Waals surface area contributed by atoms with E-state index >= 15 is 0 Å². The van der Waals surface area contributed by atoms with Crippen molar-refractivity contribution in [3.05, 3.63) is 10.8 Å². The number of carbonyl (C=O) groups excluding carboxylic acids is 2. The molecule has 12 heteroatoms. The van der Waals surface area contributed by atoms with Crippen molar-refractivity contribution in [1.29, 1.82) is 5.41 Å². The number of amides is 1. The van der Waals surface area contributed by atoms with Gasteiger partial charge in [0.1, 0.15) is 5.78 Å². The van der Waals surface area contributed by atoms with Gasteiger partial charge in [-0.05, 0) is 19.8 Å². The summed E-state index contributed by atoms with van der Waals surface area (Å²) in [4.78, 5) is 30.5. The fourth-order valence-electron chi connectivity index (χ4n) is 2.05. The van der Waals surface area contributed by atoms with E-state index in [0.29, 0.717) is 13.2 Å². The highest BCUT2D eigenvalue weighted by molar-refractivity contribution is 6.31. The molecule has 1 heterocycles. The second kappa shape index (κ2) is 12.1. The monoisotopic (exact) mass is 414 g/mol. The topological polar surface area (TPSA) is 195 Å². The lowest BCUT2D eigenvalue weighted by atomic mass is 10.2. The van der Waals surface area contributed by atoms with E-state index in [1.165, 1.54) is 6.92 Å². The van der Waals surface area contributed by atoms with E-state index in [1.807, 2.05) is 0 Å². The summed E-state index contributed by atoms with van der Waals surface area (Å²) in [5, 5.41) is 12.7. The van der Waals surface area contributed by atoms with Crippen molar-refractivity contribution in [2.45, 2.75) is 38.6 Å². The van der Waals surface area contributed by atoms with E-state index in [0.717, 1.165) is 25.7 Å². The van der Waals surface area contributed by atoms with Crippen LogP contribution in [-0.4, -0.2) is 53.4 Å². The number of unbranched alkanes of at least 4 members (excludes halogenated alkanes) is 3. The number of Topliss-reactive ketones (excluding diaryl/α,β-unsaturated/α-hetero) is 1. The number of aromatic nitrogens is 2. The van der Waals surface area contributed by atoms with Gasteiger partial charge < -0.3 is 27.3 Å². The molecule has 1 aromatic rings. The summed E-state index contributed by atoms with van der Waals surface area (Å²) in [6.45, 7) is 2.74. The number of nitrogens with one attached hydrogen (secondary N) is 3. The maximum absolute atomic E-state index is 12.0. The predicted molar refractivity (Wildman–Crippen MR) is 107 cm³/mol. The van der Waals surface area contributed by atoms with Gasteiger partial charge in [0.05, 0.1) is 12.6 Å². The van der Waals surface area contributed by atoms with Crippen molar-refractivity contribution < 1.29 is 14.3 Å². The number of nitrogen functional groups attached to an aromatic ring is 2. The first-order chi connectivity index (χ1) is 13.2. The first-order valence-corrected chi connectivity index (χ1v) is 9.16. The quantitative estimate of drug-likeness (QED) is 0.164. The average molecular weight is 415 g/mol. The molecule has 9 N–H and O–H groups in total. The molecule has 11 nitrogen and oxygen atoms in total. The summed E-state index contributed by atoms with van der Waals surface area (Å²) in [7, 11) is 0. The molecule has 0 aliphatic rings. The summed E-state index contributed by atoms with van der Waals surface area (Å²) in [5.41, 5.74) is 16.4. The van der Waals surface area contributed by atoms with Crippen LogP contribution in [0, 0.1) is 5.41 Å². The number of nitrogens with two attached hydrogens (primary N) is 3. The van der Waals surface area contributed by atoms with Crippen LogP contribution in [0.2, 0.25) is 5.15 Å². The minimum atomic E-state index is -0.703. The Balaban J connectivity index is 2.15. The lowest BCUT2D eigenvalue weighted by Gasteiger charge is -2.11. The zero-order valence-electron chi connectivity index (χ0n) is 15.8. The molecule has 0 spiro atoms. The summed E-state index contributed by atoms with van der Waals surface area (Å²) in [6.07, 6.45) is 3.52. The maximum Gasteiger partial charge on any atom is 0.280 e. The van der Waals surface area contributed by atoms with Gasteiger partial charge in [-0.15, -0.1) is 0 Å². The van der Waals surface area contributed by atoms with Crippen LogP contribution in [0.25, 0.3) is 0 Å². The third-order valence-corrected chi connectivity index (χ3v) is 3.97. The molecule has 156 valence electrons. The van der Waals surface area contributed by atoms with Gasteiger partial charge in [-0.2, -0.15) is 0 Å². The van der Waals surface area contributed by atoms with Crippen LogP contribution >= 0.6 is 11.6 Å². The zero-order valence-corrected chi connectivity index (χ0v) is 16.5. The zero-order chi connectivity index (χ0) is 21.1. The molecule has 0 radical (unpaired) electrons. The summed E-state index contributed by atoms with van der Waals surface area (Å²) in [5.74, 6) is -1.21. The number of ether oxygens (including phenoxy) is 1. The minimum Gasteiger partial charge on any atom is -0.382 e. The highest BCUT2D eigenvalue weighted by Crippen LogP contribution is 2.17. The smallest absolute Gasteiger partial charge is 0.280 e. The molecule has 1 atom stereocenters. The van der Waals surface area contributed by atoms with Gasteiger partial charge in [0.2, 0.25) is 0 Å². The minimum absolute atomic E-state index is 0.0731. The Hall–Kier alpha value is -2.50. The van der Waals surface area contributed by atoms with Crippen LogP contribution in [0.15, 0.2) is 0 Å². The molecular weight excluding hydrogens is 388 g/mol. The van der Waals surface area contributed by atoms with Gasteiger partial charge in [0.15, 0.2) is 28.4 Å². The molecule has 0 aliphatic carbocycles. The van der Waals surface area contributed by atoms with Gasteiger partial charge in [-0.1, -0.05) is 24.4 Å². The third-order valence-electron chi connectivity index (χ3n) is 3.70. The average Bonchev–Trinajstić information content (AvgIpc) is 2.62. The van der Waals surface area contributed by atoms with Crippen LogP contribution in [0.1, 0.15) is 43.1 Å². The molecule has 0 aliphatic heterocycles.